The predicted octanol–water partition coefficient (Wildman–Crippen LogP) is 1.39. The van der Waals surface area contributed by atoms with Gasteiger partial charge in [-0.15, -0.1) is 0 Å². The molecule has 0 spiro atoms. The van der Waals surface area contributed by atoms with E-state index < -0.39 is 9.84 Å². The van der Waals surface area contributed by atoms with Crippen LogP contribution in [0.4, 0.5) is 0 Å². The van der Waals surface area contributed by atoms with E-state index in [1.807, 2.05) is 0 Å². The molecule has 1 N–H and O–H groups in total. The molecule has 0 aromatic heterocycles. The van der Waals surface area contributed by atoms with Gasteiger partial charge in [-0.25, -0.2) is 8.42 Å². The van der Waals surface area contributed by atoms with Crippen LogP contribution >= 0.6 is 0 Å². The first kappa shape index (κ1) is 15.0. The van der Waals surface area contributed by atoms with Crippen molar-refractivity contribution in [2.45, 2.75) is 30.8 Å². The van der Waals surface area contributed by atoms with Gasteiger partial charge in [-0.3, -0.25) is 4.79 Å². The quantitative estimate of drug-likeness (QED) is 0.891. The molecule has 1 atom stereocenters. The molecular formula is C14H19NO4S. The summed E-state index contributed by atoms with van der Waals surface area (Å²) in [5.41, 5.74) is 0.201. The minimum Gasteiger partial charge on any atom is -0.376 e. The lowest BCUT2D eigenvalue weighted by atomic mass is 10.2. The van der Waals surface area contributed by atoms with Crippen LogP contribution < -0.4 is 5.32 Å². The fourth-order valence-corrected chi connectivity index (χ4v) is 3.28. The molecule has 2 rings (SSSR count). The molecule has 110 valence electrons. The zero-order valence-electron chi connectivity index (χ0n) is 11.5. The summed E-state index contributed by atoms with van der Waals surface area (Å²) < 4.78 is 29.4. The van der Waals surface area contributed by atoms with Gasteiger partial charge in [-0.1, -0.05) is 19.1 Å². The largest absolute Gasteiger partial charge is 0.376 e. The lowest BCUT2D eigenvalue weighted by molar-refractivity contribution is 0.0855. The number of hydrogen-bond acceptors (Lipinski definition) is 4. The Morgan fingerprint density at radius 1 is 1.40 bits per heavy atom. The van der Waals surface area contributed by atoms with Gasteiger partial charge in [0, 0.05) is 13.2 Å². The van der Waals surface area contributed by atoms with Crippen LogP contribution in [-0.2, 0) is 14.6 Å². The maximum atomic E-state index is 12.2. The third-order valence-corrected chi connectivity index (χ3v) is 5.15. The van der Waals surface area contributed by atoms with Crippen molar-refractivity contribution in [1.29, 1.82) is 0 Å². The van der Waals surface area contributed by atoms with E-state index >= 15 is 0 Å². The molecule has 5 nitrogen and oxygen atoms in total. The van der Waals surface area contributed by atoms with Crippen molar-refractivity contribution in [2.24, 2.45) is 0 Å². The fourth-order valence-electron chi connectivity index (χ4n) is 2.19. The maximum Gasteiger partial charge on any atom is 0.252 e. The van der Waals surface area contributed by atoms with E-state index in [2.05, 4.69) is 5.32 Å². The summed E-state index contributed by atoms with van der Waals surface area (Å²) in [6, 6.07) is 6.29. The molecule has 1 heterocycles. The lowest BCUT2D eigenvalue weighted by Gasteiger charge is -2.13. The summed E-state index contributed by atoms with van der Waals surface area (Å²) in [6.07, 6.45) is 1.96. The average molecular weight is 297 g/mol. The predicted molar refractivity (Wildman–Crippen MR) is 75.5 cm³/mol. The number of benzene rings is 1. The SMILES string of the molecule is CCS(=O)(=O)c1ccccc1C(=O)NC[C@H]1CCCO1. The minimum atomic E-state index is -3.40. The number of nitrogens with one attached hydrogen (secondary N) is 1. The Morgan fingerprint density at radius 2 is 2.15 bits per heavy atom. The van der Waals surface area contributed by atoms with E-state index in [-0.39, 0.29) is 28.2 Å². The maximum absolute atomic E-state index is 12.2. The van der Waals surface area contributed by atoms with Crippen molar-refractivity contribution in [3.05, 3.63) is 29.8 Å². The zero-order chi connectivity index (χ0) is 14.6. The van der Waals surface area contributed by atoms with E-state index in [1.165, 1.54) is 12.1 Å². The smallest absolute Gasteiger partial charge is 0.252 e. The number of carbonyl (C=O) groups excluding carboxylic acids is 1. The second-order valence-electron chi connectivity index (χ2n) is 4.74. The highest BCUT2D eigenvalue weighted by Gasteiger charge is 2.22. The van der Waals surface area contributed by atoms with E-state index in [1.54, 1.807) is 19.1 Å². The van der Waals surface area contributed by atoms with Gasteiger partial charge in [-0.2, -0.15) is 0 Å². The summed E-state index contributed by atoms with van der Waals surface area (Å²) in [7, 11) is -3.40. The summed E-state index contributed by atoms with van der Waals surface area (Å²) in [5.74, 6) is -0.392. The van der Waals surface area contributed by atoms with E-state index in [0.717, 1.165) is 19.4 Å². The highest BCUT2D eigenvalue weighted by molar-refractivity contribution is 7.91. The molecule has 1 aliphatic heterocycles. The molecule has 20 heavy (non-hydrogen) atoms. The first-order valence-electron chi connectivity index (χ1n) is 6.76. The third kappa shape index (κ3) is 3.37. The molecule has 0 bridgehead atoms. The number of carbonyl (C=O) groups is 1. The van der Waals surface area contributed by atoms with E-state index in [4.69, 9.17) is 4.74 Å². The van der Waals surface area contributed by atoms with Gasteiger partial charge < -0.3 is 10.1 Å². The highest BCUT2D eigenvalue weighted by atomic mass is 32.2. The van der Waals surface area contributed by atoms with Crippen molar-refractivity contribution in [3.8, 4) is 0 Å². The Bertz CT molecular complexity index is 577. The van der Waals surface area contributed by atoms with Crippen molar-refractivity contribution in [3.63, 3.8) is 0 Å². The van der Waals surface area contributed by atoms with Crippen LogP contribution in [0.25, 0.3) is 0 Å². The highest BCUT2D eigenvalue weighted by Crippen LogP contribution is 2.17. The molecule has 1 aromatic carbocycles. The molecule has 6 heteroatoms. The van der Waals surface area contributed by atoms with Gasteiger partial charge >= 0.3 is 0 Å². The molecule has 1 saturated heterocycles. The molecular weight excluding hydrogens is 278 g/mol. The summed E-state index contributed by atoms with van der Waals surface area (Å²) in [4.78, 5) is 12.2. The van der Waals surface area contributed by atoms with Crippen molar-refractivity contribution in [1.82, 2.24) is 5.32 Å². The first-order valence-corrected chi connectivity index (χ1v) is 8.41. The van der Waals surface area contributed by atoms with Gasteiger partial charge in [0.05, 0.1) is 22.3 Å². The van der Waals surface area contributed by atoms with Gasteiger partial charge in [0.25, 0.3) is 5.91 Å². The molecule has 1 amide bonds. The molecule has 0 radical (unpaired) electrons. The Balaban J connectivity index is 2.13. The number of sulfone groups is 1. The second kappa shape index (κ2) is 6.37. The average Bonchev–Trinajstić information content (AvgIpc) is 2.98. The normalized spacial score (nSPS) is 18.9. The van der Waals surface area contributed by atoms with Crippen LogP contribution in [0.15, 0.2) is 29.2 Å². The first-order chi connectivity index (χ1) is 9.54. The van der Waals surface area contributed by atoms with Crippen LogP contribution in [0.3, 0.4) is 0 Å². The lowest BCUT2D eigenvalue weighted by Crippen LogP contribution is -2.32. The Labute approximate surface area is 119 Å². The van der Waals surface area contributed by atoms with Crippen LogP contribution in [0.1, 0.15) is 30.1 Å². The zero-order valence-corrected chi connectivity index (χ0v) is 12.3. The topological polar surface area (TPSA) is 72.5 Å². The van der Waals surface area contributed by atoms with Crippen LogP contribution in [0.2, 0.25) is 0 Å². The number of rotatable bonds is 5. The van der Waals surface area contributed by atoms with E-state index in [0.29, 0.717) is 6.54 Å². The van der Waals surface area contributed by atoms with Crippen molar-refractivity contribution in [2.75, 3.05) is 18.9 Å². The molecule has 0 unspecified atom stereocenters. The van der Waals surface area contributed by atoms with Crippen LogP contribution in [-0.4, -0.2) is 39.3 Å². The summed E-state index contributed by atoms with van der Waals surface area (Å²) in [5, 5.41) is 2.75. The third-order valence-electron chi connectivity index (χ3n) is 3.36. The minimum absolute atomic E-state index is 0.0248. The summed E-state index contributed by atoms with van der Waals surface area (Å²) in [6.45, 7) is 2.71. The number of hydrogen-bond donors (Lipinski definition) is 1. The van der Waals surface area contributed by atoms with Gasteiger partial charge in [0.15, 0.2) is 9.84 Å². The Morgan fingerprint density at radius 3 is 2.80 bits per heavy atom. The number of ether oxygens (including phenoxy) is 1. The number of amides is 1. The van der Waals surface area contributed by atoms with Gasteiger partial charge in [0.2, 0.25) is 0 Å². The standard InChI is InChI=1S/C14H19NO4S/c1-2-20(17,18)13-8-4-3-7-12(13)14(16)15-10-11-6-5-9-19-11/h3-4,7-8,11H,2,5-6,9-10H2,1H3,(H,15,16)/t11-/m1/s1. The molecule has 1 fully saturated rings. The van der Waals surface area contributed by atoms with Crippen molar-refractivity contribution < 1.29 is 17.9 Å². The van der Waals surface area contributed by atoms with E-state index in [9.17, 15) is 13.2 Å². The Kier molecular flexibility index (Phi) is 4.77. The Hall–Kier alpha value is -1.40. The molecule has 0 saturated carbocycles. The monoisotopic (exact) mass is 297 g/mol. The molecule has 1 aromatic rings. The fraction of sp³-hybridized carbons (Fsp3) is 0.500. The molecule has 0 aliphatic carbocycles. The van der Waals surface area contributed by atoms with Crippen LogP contribution in [0, 0.1) is 0 Å². The van der Waals surface area contributed by atoms with Gasteiger partial charge in [-0.05, 0) is 25.0 Å². The van der Waals surface area contributed by atoms with Gasteiger partial charge in [0.1, 0.15) is 0 Å². The summed E-state index contributed by atoms with van der Waals surface area (Å²) >= 11 is 0. The second-order valence-corrected chi connectivity index (χ2v) is 6.99. The molecule has 1 aliphatic rings. The van der Waals surface area contributed by atoms with Crippen molar-refractivity contribution >= 4 is 15.7 Å². The van der Waals surface area contributed by atoms with Crippen LogP contribution in [0.5, 0.6) is 0 Å².